The van der Waals surface area contributed by atoms with Gasteiger partial charge in [0, 0.05) is 32.2 Å². The zero-order valence-electron chi connectivity index (χ0n) is 19.3. The number of aromatic nitrogens is 5. The topological polar surface area (TPSA) is 89.3 Å². The Morgan fingerprint density at radius 2 is 1.82 bits per heavy atom. The Bertz CT molecular complexity index is 1280. The van der Waals surface area contributed by atoms with Gasteiger partial charge in [-0.25, -0.2) is 9.97 Å². The molecule has 0 bridgehead atoms. The van der Waals surface area contributed by atoms with E-state index in [9.17, 15) is 4.79 Å². The lowest BCUT2D eigenvalue weighted by Gasteiger charge is -2.37. The van der Waals surface area contributed by atoms with E-state index in [0.717, 1.165) is 29.2 Å². The molecule has 174 valence electrons. The molecular weight excluding hydrogens is 430 g/mol. The van der Waals surface area contributed by atoms with Crippen molar-refractivity contribution in [3.63, 3.8) is 0 Å². The molecule has 9 nitrogen and oxygen atoms in total. The average Bonchev–Trinajstić information content (AvgIpc) is 3.34. The summed E-state index contributed by atoms with van der Waals surface area (Å²) >= 11 is 0. The van der Waals surface area contributed by atoms with Gasteiger partial charge >= 0.3 is 0 Å². The molecule has 2 aromatic heterocycles. The van der Waals surface area contributed by atoms with Crippen molar-refractivity contribution < 1.29 is 9.53 Å². The third-order valence-corrected chi connectivity index (χ3v) is 6.32. The number of rotatable bonds is 6. The first-order chi connectivity index (χ1) is 16.7. The summed E-state index contributed by atoms with van der Waals surface area (Å²) in [4.78, 5) is 26.3. The van der Waals surface area contributed by atoms with Crippen molar-refractivity contribution in [2.75, 3.05) is 38.2 Å². The van der Waals surface area contributed by atoms with Crippen molar-refractivity contribution in [1.82, 2.24) is 29.9 Å². The fourth-order valence-electron chi connectivity index (χ4n) is 4.48. The molecule has 5 rings (SSSR count). The summed E-state index contributed by atoms with van der Waals surface area (Å²) in [7, 11) is 1.63. The monoisotopic (exact) mass is 457 g/mol. The van der Waals surface area contributed by atoms with E-state index in [1.807, 2.05) is 59.5 Å². The molecule has 2 aromatic carbocycles. The number of carbonyl (C=O) groups is 1. The normalized spacial score (nSPS) is 14.9. The van der Waals surface area contributed by atoms with Gasteiger partial charge in [-0.15, -0.1) is 5.10 Å². The molecular formula is C25H27N7O2. The van der Waals surface area contributed by atoms with E-state index < -0.39 is 0 Å². The fourth-order valence-corrected chi connectivity index (χ4v) is 4.48. The van der Waals surface area contributed by atoms with Crippen LogP contribution in [0.25, 0.3) is 16.9 Å². The highest BCUT2D eigenvalue weighted by Crippen LogP contribution is 2.27. The molecule has 34 heavy (non-hydrogen) atoms. The number of hydrogen-bond acceptors (Lipinski definition) is 7. The number of hydrogen-bond donors (Lipinski definition) is 0. The van der Waals surface area contributed by atoms with Gasteiger partial charge in [-0.1, -0.05) is 48.5 Å². The summed E-state index contributed by atoms with van der Waals surface area (Å²) in [5.74, 6) is 1.55. The van der Waals surface area contributed by atoms with Gasteiger partial charge in [0.15, 0.2) is 17.0 Å². The molecule has 0 radical (unpaired) electrons. The highest BCUT2D eigenvalue weighted by Gasteiger charge is 2.29. The summed E-state index contributed by atoms with van der Waals surface area (Å²) in [6.07, 6.45) is 2.32. The van der Waals surface area contributed by atoms with Crippen molar-refractivity contribution >= 4 is 22.9 Å². The van der Waals surface area contributed by atoms with Crippen molar-refractivity contribution in [2.24, 2.45) is 0 Å². The van der Waals surface area contributed by atoms with Crippen LogP contribution in [0.2, 0.25) is 0 Å². The number of fused-ring (bicyclic) bond motifs is 1. The molecule has 1 amide bonds. The van der Waals surface area contributed by atoms with E-state index >= 15 is 0 Å². The molecule has 0 saturated carbocycles. The summed E-state index contributed by atoms with van der Waals surface area (Å²) in [6.45, 7) is 4.69. The predicted octanol–water partition coefficient (Wildman–Crippen LogP) is 3.06. The quantitative estimate of drug-likeness (QED) is 0.440. The van der Waals surface area contributed by atoms with Gasteiger partial charge in [0.05, 0.1) is 18.7 Å². The first-order valence-electron chi connectivity index (χ1n) is 11.5. The second kappa shape index (κ2) is 9.46. The van der Waals surface area contributed by atoms with Crippen LogP contribution in [0.1, 0.15) is 24.8 Å². The first-order valence-corrected chi connectivity index (χ1v) is 11.5. The van der Waals surface area contributed by atoms with Crippen LogP contribution in [0.4, 0.5) is 5.82 Å². The third-order valence-electron chi connectivity index (χ3n) is 6.32. The van der Waals surface area contributed by atoms with E-state index in [2.05, 4.69) is 32.1 Å². The Morgan fingerprint density at radius 1 is 1.03 bits per heavy atom. The molecule has 1 aliphatic rings. The Morgan fingerprint density at radius 3 is 2.56 bits per heavy atom. The van der Waals surface area contributed by atoms with E-state index in [1.165, 1.54) is 6.33 Å². The van der Waals surface area contributed by atoms with E-state index in [0.29, 0.717) is 37.3 Å². The standard InChI is InChI=1S/C25H27N7O2/c1-3-21(18-8-5-4-6-9-18)25(33)31-14-12-30(13-15-31)23-22-24(27-17-26-23)32(29-28-22)19-10-7-11-20(16-19)34-2/h4-11,16-17,21H,3,12-15H2,1-2H3/t21-/m0/s1. The number of anilines is 1. The lowest BCUT2D eigenvalue weighted by molar-refractivity contribution is -0.133. The Labute approximate surface area is 198 Å². The number of nitrogens with zero attached hydrogens (tertiary/aromatic N) is 7. The molecule has 1 aliphatic heterocycles. The first kappa shape index (κ1) is 21.8. The van der Waals surface area contributed by atoms with Crippen molar-refractivity contribution in [3.05, 3.63) is 66.5 Å². The number of ether oxygens (including phenoxy) is 1. The number of piperazine rings is 1. The Kier molecular flexibility index (Phi) is 6.07. The third kappa shape index (κ3) is 4.05. The maximum Gasteiger partial charge on any atom is 0.230 e. The number of methoxy groups -OCH3 is 1. The van der Waals surface area contributed by atoms with Gasteiger partial charge in [-0.2, -0.15) is 4.68 Å². The van der Waals surface area contributed by atoms with Crippen LogP contribution in [0.5, 0.6) is 5.75 Å². The fraction of sp³-hybridized carbons (Fsp3) is 0.320. The highest BCUT2D eigenvalue weighted by atomic mass is 16.5. The molecule has 1 saturated heterocycles. The smallest absolute Gasteiger partial charge is 0.230 e. The summed E-state index contributed by atoms with van der Waals surface area (Å²) in [6, 6.07) is 17.6. The van der Waals surface area contributed by atoms with Crippen LogP contribution in [0, 0.1) is 0 Å². The van der Waals surface area contributed by atoms with Crippen LogP contribution >= 0.6 is 0 Å². The van der Waals surface area contributed by atoms with Crippen molar-refractivity contribution in [1.29, 1.82) is 0 Å². The molecule has 9 heteroatoms. The average molecular weight is 458 g/mol. The van der Waals surface area contributed by atoms with Crippen LogP contribution in [0.15, 0.2) is 60.9 Å². The number of amides is 1. The molecule has 1 atom stereocenters. The molecule has 0 unspecified atom stereocenters. The van der Waals surface area contributed by atoms with E-state index in [1.54, 1.807) is 11.8 Å². The maximum atomic E-state index is 13.2. The van der Waals surface area contributed by atoms with Crippen molar-refractivity contribution in [3.8, 4) is 11.4 Å². The van der Waals surface area contributed by atoms with Gasteiger partial charge in [0.1, 0.15) is 12.1 Å². The van der Waals surface area contributed by atoms with Crippen LogP contribution in [0.3, 0.4) is 0 Å². The lowest BCUT2D eigenvalue weighted by atomic mass is 9.95. The molecule has 3 heterocycles. The lowest BCUT2D eigenvalue weighted by Crippen LogP contribution is -2.50. The van der Waals surface area contributed by atoms with E-state index in [4.69, 9.17) is 4.74 Å². The predicted molar refractivity (Wildman–Crippen MR) is 129 cm³/mol. The van der Waals surface area contributed by atoms with Gasteiger partial charge in [-0.3, -0.25) is 4.79 Å². The Hall–Kier alpha value is -4.01. The zero-order valence-corrected chi connectivity index (χ0v) is 19.3. The number of benzene rings is 2. The van der Waals surface area contributed by atoms with Gasteiger partial charge < -0.3 is 14.5 Å². The summed E-state index contributed by atoms with van der Waals surface area (Å²) in [5.41, 5.74) is 3.16. The molecule has 0 N–H and O–H groups in total. The molecule has 0 aliphatic carbocycles. The highest BCUT2D eigenvalue weighted by molar-refractivity contribution is 5.85. The van der Waals surface area contributed by atoms with Crippen molar-refractivity contribution in [2.45, 2.75) is 19.3 Å². The number of carbonyl (C=O) groups excluding carboxylic acids is 1. The second-order valence-corrected chi connectivity index (χ2v) is 8.26. The molecule has 0 spiro atoms. The SMILES string of the molecule is CC[C@H](C(=O)N1CCN(c2ncnc3c2nnn3-c2cccc(OC)c2)CC1)c1ccccc1. The minimum Gasteiger partial charge on any atom is -0.497 e. The van der Waals surface area contributed by atoms with E-state index in [-0.39, 0.29) is 11.8 Å². The second-order valence-electron chi connectivity index (χ2n) is 8.26. The Balaban J connectivity index is 1.34. The molecule has 1 fully saturated rings. The minimum atomic E-state index is -0.110. The van der Waals surface area contributed by atoms with Crippen LogP contribution in [-0.2, 0) is 4.79 Å². The summed E-state index contributed by atoms with van der Waals surface area (Å²) < 4.78 is 7.02. The van der Waals surface area contributed by atoms with Crippen LogP contribution < -0.4 is 9.64 Å². The van der Waals surface area contributed by atoms with Gasteiger partial charge in [0.2, 0.25) is 5.91 Å². The molecule has 4 aromatic rings. The summed E-state index contributed by atoms with van der Waals surface area (Å²) in [5, 5.41) is 8.71. The minimum absolute atomic E-state index is 0.110. The van der Waals surface area contributed by atoms with Gasteiger partial charge in [-0.05, 0) is 24.1 Å². The largest absolute Gasteiger partial charge is 0.497 e. The maximum absolute atomic E-state index is 13.2. The van der Waals surface area contributed by atoms with Gasteiger partial charge in [0.25, 0.3) is 0 Å². The zero-order chi connectivity index (χ0) is 23.5. The van der Waals surface area contributed by atoms with Crippen LogP contribution in [-0.4, -0.2) is 69.1 Å².